The van der Waals surface area contributed by atoms with E-state index < -0.39 is 0 Å². The van der Waals surface area contributed by atoms with Crippen LogP contribution in [0.15, 0.2) is 40.9 Å². The van der Waals surface area contributed by atoms with Crippen molar-refractivity contribution >= 4 is 21.7 Å². The van der Waals surface area contributed by atoms with Crippen molar-refractivity contribution in [1.29, 1.82) is 0 Å². The van der Waals surface area contributed by atoms with Gasteiger partial charge >= 0.3 is 0 Å². The van der Waals surface area contributed by atoms with Crippen LogP contribution in [0.1, 0.15) is 22.8 Å². The number of ether oxygens (including phenoxy) is 1. The first-order chi connectivity index (χ1) is 8.97. The maximum absolute atomic E-state index is 13.0. The molecular formula is C15H12BrFO2. The molecule has 0 saturated heterocycles. The topological polar surface area (TPSA) is 26.3 Å². The predicted octanol–water partition coefficient (Wildman–Crippen LogP) is 4.89. The summed E-state index contributed by atoms with van der Waals surface area (Å²) in [6.45, 7) is 3.23. The number of benzene rings is 2. The van der Waals surface area contributed by atoms with Crippen molar-refractivity contribution in [1.82, 2.24) is 0 Å². The molecule has 4 heteroatoms. The fourth-order valence-electron chi connectivity index (χ4n) is 1.71. The monoisotopic (exact) mass is 322 g/mol. The van der Waals surface area contributed by atoms with Crippen molar-refractivity contribution in [3.63, 3.8) is 0 Å². The van der Waals surface area contributed by atoms with Crippen LogP contribution in [-0.2, 0) is 0 Å². The Bertz CT molecular complexity index is 638. The number of hydrogen-bond donors (Lipinski definition) is 0. The van der Waals surface area contributed by atoms with Gasteiger partial charge in [0.2, 0.25) is 0 Å². The lowest BCUT2D eigenvalue weighted by Crippen LogP contribution is -1.98. The van der Waals surface area contributed by atoms with E-state index in [-0.39, 0.29) is 11.6 Å². The van der Waals surface area contributed by atoms with E-state index >= 15 is 0 Å². The van der Waals surface area contributed by atoms with Gasteiger partial charge in [-0.05, 0) is 55.8 Å². The molecule has 0 atom stereocenters. The zero-order chi connectivity index (χ0) is 14.0. The van der Waals surface area contributed by atoms with E-state index in [1.165, 1.54) is 19.1 Å². The van der Waals surface area contributed by atoms with Gasteiger partial charge in [-0.1, -0.05) is 15.9 Å². The van der Waals surface area contributed by atoms with Crippen LogP contribution in [-0.4, -0.2) is 5.78 Å². The number of carbonyl (C=O) groups excluding carboxylic acids is 1. The second-order valence-electron chi connectivity index (χ2n) is 4.21. The predicted molar refractivity (Wildman–Crippen MR) is 75.4 cm³/mol. The fraction of sp³-hybridized carbons (Fsp3) is 0.133. The maximum Gasteiger partial charge on any atom is 0.163 e. The molecule has 0 heterocycles. The van der Waals surface area contributed by atoms with Gasteiger partial charge in [0.25, 0.3) is 0 Å². The zero-order valence-corrected chi connectivity index (χ0v) is 12.1. The largest absolute Gasteiger partial charge is 0.456 e. The summed E-state index contributed by atoms with van der Waals surface area (Å²) in [5.74, 6) is 0.597. The van der Waals surface area contributed by atoms with E-state index in [4.69, 9.17) is 4.74 Å². The molecule has 19 heavy (non-hydrogen) atoms. The van der Waals surface area contributed by atoms with Crippen LogP contribution in [0, 0.1) is 12.7 Å². The highest BCUT2D eigenvalue weighted by Gasteiger charge is 2.11. The fourth-order valence-corrected chi connectivity index (χ4v) is 2.07. The number of halogens is 2. The molecule has 0 saturated carbocycles. The van der Waals surface area contributed by atoms with Crippen molar-refractivity contribution in [3.05, 3.63) is 57.8 Å². The van der Waals surface area contributed by atoms with Gasteiger partial charge in [-0.15, -0.1) is 0 Å². The second kappa shape index (κ2) is 5.53. The van der Waals surface area contributed by atoms with Crippen LogP contribution in [0.2, 0.25) is 0 Å². The Hall–Kier alpha value is -1.68. The standard InChI is InChI=1S/C15H12BrFO2/c1-9-7-12(17)4-6-14(9)19-15-5-3-11(16)8-13(15)10(2)18/h3-8H,1-2H3. The third-order valence-electron chi connectivity index (χ3n) is 2.68. The van der Waals surface area contributed by atoms with Gasteiger partial charge in [-0.2, -0.15) is 0 Å². The average molecular weight is 323 g/mol. The summed E-state index contributed by atoms with van der Waals surface area (Å²) in [7, 11) is 0. The van der Waals surface area contributed by atoms with Gasteiger partial charge in [0, 0.05) is 4.47 Å². The highest BCUT2D eigenvalue weighted by molar-refractivity contribution is 9.10. The van der Waals surface area contributed by atoms with Crippen LogP contribution >= 0.6 is 15.9 Å². The lowest BCUT2D eigenvalue weighted by Gasteiger charge is -2.12. The molecule has 0 radical (unpaired) electrons. The SMILES string of the molecule is CC(=O)c1cc(Br)ccc1Oc1ccc(F)cc1C. The molecule has 0 aliphatic rings. The van der Waals surface area contributed by atoms with Gasteiger partial charge in [0.05, 0.1) is 5.56 Å². The van der Waals surface area contributed by atoms with E-state index in [2.05, 4.69) is 15.9 Å². The molecule has 0 aromatic heterocycles. The minimum atomic E-state index is -0.313. The molecule has 0 unspecified atom stereocenters. The molecule has 0 aliphatic carbocycles. The lowest BCUT2D eigenvalue weighted by molar-refractivity contribution is 0.101. The van der Waals surface area contributed by atoms with Crippen molar-refractivity contribution in [2.75, 3.05) is 0 Å². The summed E-state index contributed by atoms with van der Waals surface area (Å²) in [5.41, 5.74) is 1.16. The minimum absolute atomic E-state index is 0.0870. The Balaban J connectivity index is 2.40. The molecule has 2 rings (SSSR count). The van der Waals surface area contributed by atoms with Crippen molar-refractivity contribution in [3.8, 4) is 11.5 Å². The Morgan fingerprint density at radius 3 is 2.47 bits per heavy atom. The smallest absolute Gasteiger partial charge is 0.163 e. The van der Waals surface area contributed by atoms with E-state index in [0.717, 1.165) is 4.47 Å². The minimum Gasteiger partial charge on any atom is -0.456 e. The normalized spacial score (nSPS) is 10.3. The molecule has 0 N–H and O–H groups in total. The first kappa shape index (κ1) is 13.7. The van der Waals surface area contributed by atoms with E-state index in [0.29, 0.717) is 22.6 Å². The van der Waals surface area contributed by atoms with Crippen LogP contribution in [0.5, 0.6) is 11.5 Å². The van der Waals surface area contributed by atoms with Crippen molar-refractivity contribution < 1.29 is 13.9 Å². The molecule has 0 amide bonds. The van der Waals surface area contributed by atoms with E-state index in [1.54, 1.807) is 31.2 Å². The van der Waals surface area contributed by atoms with E-state index in [9.17, 15) is 9.18 Å². The van der Waals surface area contributed by atoms with Crippen LogP contribution in [0.4, 0.5) is 4.39 Å². The molecule has 2 aromatic rings. The van der Waals surface area contributed by atoms with Crippen molar-refractivity contribution in [2.24, 2.45) is 0 Å². The summed E-state index contributed by atoms with van der Waals surface area (Å²) < 4.78 is 19.5. The molecule has 0 fully saturated rings. The first-order valence-electron chi connectivity index (χ1n) is 5.72. The Morgan fingerprint density at radius 1 is 1.16 bits per heavy atom. The van der Waals surface area contributed by atoms with Gasteiger partial charge in [0.1, 0.15) is 17.3 Å². The zero-order valence-electron chi connectivity index (χ0n) is 10.5. The Morgan fingerprint density at radius 2 is 1.84 bits per heavy atom. The van der Waals surface area contributed by atoms with Gasteiger partial charge < -0.3 is 4.74 Å². The maximum atomic E-state index is 13.0. The third kappa shape index (κ3) is 3.20. The van der Waals surface area contributed by atoms with Crippen LogP contribution < -0.4 is 4.74 Å². The number of carbonyl (C=O) groups is 1. The summed E-state index contributed by atoms with van der Waals surface area (Å²) >= 11 is 3.32. The second-order valence-corrected chi connectivity index (χ2v) is 5.12. The quantitative estimate of drug-likeness (QED) is 0.752. The highest BCUT2D eigenvalue weighted by Crippen LogP contribution is 2.30. The number of aryl methyl sites for hydroxylation is 1. The Labute approximate surface area is 119 Å². The number of ketones is 1. The van der Waals surface area contributed by atoms with Gasteiger partial charge in [-0.25, -0.2) is 4.39 Å². The van der Waals surface area contributed by atoms with Gasteiger partial charge in [0.15, 0.2) is 5.78 Å². The third-order valence-corrected chi connectivity index (χ3v) is 3.17. The molecule has 2 aromatic carbocycles. The summed E-state index contributed by atoms with van der Waals surface area (Å²) in [6.07, 6.45) is 0. The summed E-state index contributed by atoms with van der Waals surface area (Å²) in [5, 5.41) is 0. The highest BCUT2D eigenvalue weighted by atomic mass is 79.9. The van der Waals surface area contributed by atoms with Gasteiger partial charge in [-0.3, -0.25) is 4.79 Å². The number of hydrogen-bond acceptors (Lipinski definition) is 2. The molecule has 98 valence electrons. The Kier molecular flexibility index (Phi) is 4.00. The first-order valence-corrected chi connectivity index (χ1v) is 6.51. The number of rotatable bonds is 3. The molecule has 0 spiro atoms. The lowest BCUT2D eigenvalue weighted by atomic mass is 10.1. The van der Waals surface area contributed by atoms with Crippen molar-refractivity contribution in [2.45, 2.75) is 13.8 Å². The molecular weight excluding hydrogens is 311 g/mol. The van der Waals surface area contributed by atoms with E-state index in [1.807, 2.05) is 0 Å². The van der Waals surface area contributed by atoms with Crippen LogP contribution in [0.3, 0.4) is 0 Å². The summed E-state index contributed by atoms with van der Waals surface area (Å²) in [4.78, 5) is 11.6. The summed E-state index contributed by atoms with van der Waals surface area (Å²) in [6, 6.07) is 9.48. The number of Topliss-reactive ketones (excluding diaryl/α,β-unsaturated/α-hetero) is 1. The average Bonchev–Trinajstić information content (AvgIpc) is 2.34. The molecule has 2 nitrogen and oxygen atoms in total. The molecule has 0 bridgehead atoms. The molecule has 0 aliphatic heterocycles. The van der Waals surface area contributed by atoms with Crippen LogP contribution in [0.25, 0.3) is 0 Å².